The van der Waals surface area contributed by atoms with Crippen LogP contribution in [-0.2, 0) is 26.3 Å². The Morgan fingerprint density at radius 3 is 2.39 bits per heavy atom. The number of imide groups is 1. The summed E-state index contributed by atoms with van der Waals surface area (Å²) >= 11 is 0. The number of alkyl halides is 3. The van der Waals surface area contributed by atoms with Crippen LogP contribution in [0.25, 0.3) is 0 Å². The summed E-state index contributed by atoms with van der Waals surface area (Å²) in [5.74, 6) is -7.38. The molecule has 2 aliphatic heterocycles. The number of carbonyl (C=O) groups is 4. The van der Waals surface area contributed by atoms with E-state index in [1.54, 1.807) is 6.07 Å². The van der Waals surface area contributed by atoms with Crippen molar-refractivity contribution in [2.24, 2.45) is 0 Å². The Hall–Kier alpha value is -4.30. The van der Waals surface area contributed by atoms with Crippen molar-refractivity contribution in [1.82, 2.24) is 15.1 Å². The number of nitrogens with one attached hydrogen (secondary N) is 2. The van der Waals surface area contributed by atoms with Gasteiger partial charge in [-0.3, -0.25) is 9.59 Å². The predicted molar refractivity (Wildman–Crippen MR) is 128 cm³/mol. The topological polar surface area (TPSA) is 108 Å². The zero-order valence-corrected chi connectivity index (χ0v) is 21.3. The number of ether oxygens (including phenoxy) is 1. The first-order valence-electron chi connectivity index (χ1n) is 12.5. The third-order valence-corrected chi connectivity index (χ3v) is 7.58. The molecule has 2 heterocycles. The molecule has 15 heteroatoms. The van der Waals surface area contributed by atoms with E-state index in [1.807, 2.05) is 0 Å². The predicted octanol–water partition coefficient (Wildman–Crippen LogP) is 4.27. The number of likely N-dealkylation sites (tertiary alicyclic amines) is 1. The molecule has 9 nitrogen and oxygen atoms in total. The quantitative estimate of drug-likeness (QED) is 0.413. The molecule has 5 amide bonds. The summed E-state index contributed by atoms with van der Waals surface area (Å²) < 4.78 is 88.4. The number of fused-ring (bicyclic) bond motifs is 2. The van der Waals surface area contributed by atoms with Crippen molar-refractivity contribution in [3.8, 4) is 0 Å². The lowest BCUT2D eigenvalue weighted by molar-refractivity contribution is -0.186. The zero-order valence-electron chi connectivity index (χ0n) is 21.3. The molecule has 5 rings (SSSR count). The van der Waals surface area contributed by atoms with Crippen molar-refractivity contribution in [3.63, 3.8) is 0 Å². The minimum Gasteiger partial charge on any atom is -0.427 e. The Bertz CT molecular complexity index is 1440. The maximum Gasteiger partial charge on any atom is 0.418 e. The van der Waals surface area contributed by atoms with E-state index < -0.39 is 83.8 Å². The zero-order chi connectivity index (χ0) is 29.9. The molecule has 2 aromatic rings. The molecule has 0 bridgehead atoms. The highest BCUT2D eigenvalue weighted by Gasteiger charge is 2.59. The second-order valence-electron chi connectivity index (χ2n) is 9.91. The number of benzene rings is 2. The first-order chi connectivity index (χ1) is 19.3. The summed E-state index contributed by atoms with van der Waals surface area (Å²) in [6, 6.07) is 1.17. The highest BCUT2D eigenvalue weighted by molar-refractivity contribution is 6.06. The molecule has 41 heavy (non-hydrogen) atoms. The molecular weight excluding hydrogens is 562 g/mol. The van der Waals surface area contributed by atoms with Crippen molar-refractivity contribution in [1.29, 1.82) is 0 Å². The highest BCUT2D eigenvalue weighted by Crippen LogP contribution is 2.47. The van der Waals surface area contributed by atoms with Crippen molar-refractivity contribution in [2.75, 3.05) is 18.9 Å². The summed E-state index contributed by atoms with van der Waals surface area (Å²) in [6.45, 7) is -1.12. The fourth-order valence-electron chi connectivity index (χ4n) is 5.72. The number of rotatable bonds is 4. The lowest BCUT2D eigenvalue weighted by Crippen LogP contribution is -2.50. The molecule has 0 aromatic heterocycles. The average molecular weight is 584 g/mol. The van der Waals surface area contributed by atoms with E-state index in [4.69, 9.17) is 4.74 Å². The van der Waals surface area contributed by atoms with Crippen LogP contribution in [0, 0.1) is 17.5 Å². The molecule has 1 aliphatic carbocycles. The highest BCUT2D eigenvalue weighted by atomic mass is 19.4. The van der Waals surface area contributed by atoms with Crippen LogP contribution in [-0.4, -0.2) is 59.5 Å². The summed E-state index contributed by atoms with van der Waals surface area (Å²) in [5, 5.41) is 4.95. The van der Waals surface area contributed by atoms with Crippen LogP contribution >= 0.6 is 0 Å². The van der Waals surface area contributed by atoms with Crippen molar-refractivity contribution < 1.29 is 50.3 Å². The minimum atomic E-state index is -4.94. The maximum absolute atomic E-state index is 13.9. The van der Waals surface area contributed by atoms with Crippen LogP contribution in [0.3, 0.4) is 0 Å². The smallest absolute Gasteiger partial charge is 0.418 e. The molecule has 2 N–H and O–H groups in total. The number of amides is 5. The van der Waals surface area contributed by atoms with Crippen LogP contribution in [0.2, 0.25) is 0 Å². The molecule has 1 spiro atoms. The fourth-order valence-corrected chi connectivity index (χ4v) is 5.72. The third-order valence-electron chi connectivity index (χ3n) is 7.58. The van der Waals surface area contributed by atoms with E-state index in [9.17, 15) is 45.5 Å². The van der Waals surface area contributed by atoms with Gasteiger partial charge < -0.3 is 20.3 Å². The van der Waals surface area contributed by atoms with Gasteiger partial charge in [0.25, 0.3) is 5.91 Å². The minimum absolute atomic E-state index is 0.00727. The summed E-state index contributed by atoms with van der Waals surface area (Å²) in [7, 11) is 1.42. The van der Waals surface area contributed by atoms with Crippen LogP contribution in [0.5, 0.6) is 0 Å². The number of anilines is 1. The van der Waals surface area contributed by atoms with Gasteiger partial charge in [0, 0.05) is 24.7 Å². The molecular formula is C26H22F6N4O5. The molecule has 0 radical (unpaired) electrons. The van der Waals surface area contributed by atoms with Crippen molar-refractivity contribution in [3.05, 3.63) is 64.5 Å². The number of hydrogen-bond donors (Lipinski definition) is 2. The van der Waals surface area contributed by atoms with E-state index in [0.717, 1.165) is 0 Å². The lowest BCUT2D eigenvalue weighted by atomic mass is 9.94. The first-order valence-corrected chi connectivity index (χ1v) is 12.5. The Kier molecular flexibility index (Phi) is 6.86. The number of carbonyl (C=O) groups excluding carboxylic acids is 4. The van der Waals surface area contributed by atoms with Gasteiger partial charge in [0.05, 0.1) is 6.04 Å². The Morgan fingerprint density at radius 1 is 1.07 bits per heavy atom. The summed E-state index contributed by atoms with van der Waals surface area (Å²) in [5.41, 5.74) is -0.937. The van der Waals surface area contributed by atoms with Crippen LogP contribution in [0.1, 0.15) is 42.0 Å². The maximum atomic E-state index is 13.9. The van der Waals surface area contributed by atoms with E-state index in [0.29, 0.717) is 38.7 Å². The number of aryl methyl sites for hydroxylation is 1. The Morgan fingerprint density at radius 2 is 1.76 bits per heavy atom. The van der Waals surface area contributed by atoms with Crippen LogP contribution in [0.15, 0.2) is 30.3 Å². The largest absolute Gasteiger partial charge is 0.427 e. The van der Waals surface area contributed by atoms with Gasteiger partial charge in [-0.05, 0) is 54.7 Å². The van der Waals surface area contributed by atoms with E-state index in [2.05, 4.69) is 10.6 Å². The molecule has 3 atom stereocenters. The lowest BCUT2D eigenvalue weighted by Gasteiger charge is -2.32. The van der Waals surface area contributed by atoms with Gasteiger partial charge in [-0.1, -0.05) is 6.07 Å². The van der Waals surface area contributed by atoms with Crippen LogP contribution < -0.4 is 10.6 Å². The SMILES string of the molecule is CNC(=O)Nc1ccc2c(c1)CCC21OC(=O)N(CC(=O)N2[C@H](c3cc(F)c(F)c(F)c3)CC[C@@H]2C(F)(F)F)C1=O. The van der Waals surface area contributed by atoms with Gasteiger partial charge in [-0.2, -0.15) is 13.2 Å². The number of halogens is 6. The van der Waals surface area contributed by atoms with Gasteiger partial charge >= 0.3 is 18.3 Å². The van der Waals surface area contributed by atoms with Gasteiger partial charge in [-0.25, -0.2) is 27.7 Å². The van der Waals surface area contributed by atoms with Crippen LogP contribution in [0.4, 0.5) is 41.6 Å². The fraction of sp³-hybridized carbons (Fsp3) is 0.385. The summed E-state index contributed by atoms with van der Waals surface area (Å²) in [6.07, 6.45) is -6.92. The normalized spacial score (nSPS) is 23.7. The second kappa shape index (κ2) is 9.96. The molecule has 2 aromatic carbocycles. The number of urea groups is 1. The molecule has 0 saturated carbocycles. The van der Waals surface area contributed by atoms with Gasteiger partial charge in [0.1, 0.15) is 12.6 Å². The Labute approximate surface area is 228 Å². The molecule has 1 unspecified atom stereocenters. The molecule has 3 aliphatic rings. The van der Waals surface area contributed by atoms with Crippen molar-refractivity contribution in [2.45, 2.75) is 49.5 Å². The standard InChI is InChI=1S/C26H22F6N4O5/c1-33-23(39)34-14-2-3-15-12(8-14)6-7-25(15)22(38)35(24(40)41-25)11-20(37)36-18(4-5-19(36)26(30,31)32)13-9-16(27)21(29)17(28)10-13/h2-3,8-10,18-19H,4-7,11H2,1H3,(H2,33,34,39)/t18-,19+,25?/m0/s1. The van der Waals surface area contributed by atoms with Gasteiger partial charge in [-0.15, -0.1) is 0 Å². The number of hydrogen-bond acceptors (Lipinski definition) is 5. The van der Waals surface area contributed by atoms with Gasteiger partial charge in [0.15, 0.2) is 17.5 Å². The van der Waals surface area contributed by atoms with Crippen molar-refractivity contribution >= 4 is 29.6 Å². The monoisotopic (exact) mass is 584 g/mol. The average Bonchev–Trinajstić information content (AvgIpc) is 3.58. The Balaban J connectivity index is 1.42. The molecule has 2 saturated heterocycles. The molecule has 2 fully saturated rings. The third kappa shape index (κ3) is 4.72. The van der Waals surface area contributed by atoms with E-state index in [-0.39, 0.29) is 19.3 Å². The van der Waals surface area contributed by atoms with E-state index in [1.165, 1.54) is 19.2 Å². The summed E-state index contributed by atoms with van der Waals surface area (Å²) in [4.78, 5) is 51.9. The first kappa shape index (κ1) is 28.2. The number of nitrogens with zero attached hydrogens (tertiary/aromatic N) is 2. The molecule has 218 valence electrons. The van der Waals surface area contributed by atoms with E-state index >= 15 is 0 Å². The van der Waals surface area contributed by atoms with Gasteiger partial charge in [0.2, 0.25) is 11.5 Å². The second-order valence-corrected chi connectivity index (χ2v) is 9.91.